The van der Waals surface area contributed by atoms with Crippen molar-refractivity contribution in [2.45, 2.75) is 31.6 Å². The molecular weight excluding hydrogens is 305 g/mol. The number of anilines is 1. The Kier molecular flexibility index (Phi) is 5.31. The van der Waals surface area contributed by atoms with Crippen LogP contribution in [0, 0.1) is 11.7 Å². The SMILES string of the molecule is COC(=O)C(=O)Nc1ccc(C2CCC(C(=O)O)CC2)cc1F. The van der Waals surface area contributed by atoms with Crippen LogP contribution in [0.5, 0.6) is 0 Å². The average molecular weight is 323 g/mol. The molecule has 0 aromatic heterocycles. The Hall–Kier alpha value is -2.44. The number of carbonyl (C=O) groups excluding carboxylic acids is 2. The Morgan fingerprint density at radius 3 is 2.39 bits per heavy atom. The zero-order valence-electron chi connectivity index (χ0n) is 12.7. The fourth-order valence-corrected chi connectivity index (χ4v) is 2.83. The van der Waals surface area contributed by atoms with Crippen molar-refractivity contribution in [1.29, 1.82) is 0 Å². The molecule has 2 rings (SSSR count). The van der Waals surface area contributed by atoms with E-state index >= 15 is 0 Å². The molecule has 1 aliphatic rings. The smallest absolute Gasteiger partial charge is 0.396 e. The minimum Gasteiger partial charge on any atom is -0.481 e. The van der Waals surface area contributed by atoms with Crippen molar-refractivity contribution in [3.63, 3.8) is 0 Å². The van der Waals surface area contributed by atoms with Crippen LogP contribution < -0.4 is 5.32 Å². The molecular formula is C16H18FNO5. The summed E-state index contributed by atoms with van der Waals surface area (Å²) < 4.78 is 18.3. The van der Waals surface area contributed by atoms with Crippen LogP contribution in [0.2, 0.25) is 0 Å². The van der Waals surface area contributed by atoms with Gasteiger partial charge >= 0.3 is 17.8 Å². The maximum atomic E-state index is 14.1. The molecule has 6 nitrogen and oxygen atoms in total. The minimum absolute atomic E-state index is 0.0941. The van der Waals surface area contributed by atoms with Crippen molar-refractivity contribution < 1.29 is 28.6 Å². The molecule has 0 radical (unpaired) electrons. The highest BCUT2D eigenvalue weighted by molar-refractivity contribution is 6.37. The van der Waals surface area contributed by atoms with E-state index in [-0.39, 0.29) is 17.5 Å². The zero-order valence-corrected chi connectivity index (χ0v) is 12.7. The predicted octanol–water partition coefficient (Wildman–Crippen LogP) is 2.30. The molecule has 0 atom stereocenters. The zero-order chi connectivity index (χ0) is 17.0. The first-order valence-corrected chi connectivity index (χ1v) is 7.34. The van der Waals surface area contributed by atoms with Gasteiger partial charge in [-0.2, -0.15) is 0 Å². The molecule has 0 spiro atoms. The summed E-state index contributed by atoms with van der Waals surface area (Å²) in [6.45, 7) is 0. The summed E-state index contributed by atoms with van der Waals surface area (Å²) in [5, 5.41) is 11.1. The summed E-state index contributed by atoms with van der Waals surface area (Å²) >= 11 is 0. The van der Waals surface area contributed by atoms with E-state index in [9.17, 15) is 18.8 Å². The molecule has 2 N–H and O–H groups in total. The van der Waals surface area contributed by atoms with Crippen molar-refractivity contribution in [3.05, 3.63) is 29.6 Å². The van der Waals surface area contributed by atoms with E-state index in [2.05, 4.69) is 10.1 Å². The Labute approximate surface area is 132 Å². The van der Waals surface area contributed by atoms with Gasteiger partial charge in [0.1, 0.15) is 5.82 Å². The maximum Gasteiger partial charge on any atom is 0.396 e. The number of hydrogen-bond acceptors (Lipinski definition) is 4. The van der Waals surface area contributed by atoms with Crippen LogP contribution in [0.1, 0.15) is 37.2 Å². The van der Waals surface area contributed by atoms with Crippen molar-refractivity contribution in [1.82, 2.24) is 0 Å². The first-order valence-electron chi connectivity index (χ1n) is 7.34. The Balaban J connectivity index is 2.04. The lowest BCUT2D eigenvalue weighted by atomic mass is 9.79. The van der Waals surface area contributed by atoms with Gasteiger partial charge < -0.3 is 15.2 Å². The van der Waals surface area contributed by atoms with Gasteiger partial charge in [-0.15, -0.1) is 0 Å². The highest BCUT2D eigenvalue weighted by Crippen LogP contribution is 2.36. The number of benzene rings is 1. The summed E-state index contributed by atoms with van der Waals surface area (Å²) in [5.41, 5.74) is 0.672. The number of hydrogen-bond donors (Lipinski definition) is 2. The van der Waals surface area contributed by atoms with E-state index in [1.807, 2.05) is 0 Å². The molecule has 1 fully saturated rings. The summed E-state index contributed by atoms with van der Waals surface area (Å²) in [6.07, 6.45) is 2.51. The van der Waals surface area contributed by atoms with Gasteiger partial charge in [0.2, 0.25) is 0 Å². The van der Waals surface area contributed by atoms with Crippen molar-refractivity contribution >= 4 is 23.5 Å². The standard InChI is InChI=1S/C16H18FNO5/c1-23-16(22)14(19)18-13-7-6-11(8-12(13)17)9-2-4-10(5-3-9)15(20)21/h6-10H,2-5H2,1H3,(H,18,19)(H,20,21). The lowest BCUT2D eigenvalue weighted by Gasteiger charge is -2.26. The molecule has 23 heavy (non-hydrogen) atoms. The number of carboxylic acids is 1. The van der Waals surface area contributed by atoms with Gasteiger partial charge in [-0.25, -0.2) is 9.18 Å². The molecule has 0 unspecified atom stereocenters. The van der Waals surface area contributed by atoms with E-state index in [0.717, 1.165) is 12.7 Å². The quantitative estimate of drug-likeness (QED) is 0.657. The molecule has 0 aliphatic heterocycles. The summed E-state index contributed by atoms with van der Waals surface area (Å²) in [5.74, 6) is -3.78. The van der Waals surface area contributed by atoms with Gasteiger partial charge in [-0.1, -0.05) is 6.07 Å². The number of carbonyl (C=O) groups is 3. The number of esters is 1. The summed E-state index contributed by atoms with van der Waals surface area (Å²) in [4.78, 5) is 33.3. The third-order valence-electron chi connectivity index (χ3n) is 4.16. The maximum absolute atomic E-state index is 14.1. The van der Waals surface area contributed by atoms with Gasteiger partial charge in [-0.3, -0.25) is 9.59 Å². The van der Waals surface area contributed by atoms with E-state index in [1.54, 1.807) is 6.07 Å². The predicted molar refractivity (Wildman–Crippen MR) is 79.4 cm³/mol. The lowest BCUT2D eigenvalue weighted by molar-refractivity contribution is -0.150. The number of amides is 1. The number of carboxylic acid groups (broad SMARTS) is 1. The molecule has 1 aromatic rings. The Morgan fingerprint density at radius 1 is 1.22 bits per heavy atom. The molecule has 0 bridgehead atoms. The second-order valence-electron chi connectivity index (χ2n) is 5.57. The van der Waals surface area contributed by atoms with Crippen LogP contribution in [-0.2, 0) is 19.1 Å². The van der Waals surface area contributed by atoms with Crippen molar-refractivity contribution in [2.75, 3.05) is 12.4 Å². The number of aliphatic carboxylic acids is 1. The second kappa shape index (κ2) is 7.21. The van der Waals surface area contributed by atoms with Crippen LogP contribution >= 0.6 is 0 Å². The van der Waals surface area contributed by atoms with Gasteiger partial charge in [0.15, 0.2) is 0 Å². The fourth-order valence-electron chi connectivity index (χ4n) is 2.83. The number of nitrogens with one attached hydrogen (secondary N) is 1. The average Bonchev–Trinajstić information content (AvgIpc) is 2.55. The molecule has 1 aromatic carbocycles. The van der Waals surface area contributed by atoms with Crippen LogP contribution in [0.3, 0.4) is 0 Å². The van der Waals surface area contributed by atoms with Crippen LogP contribution in [0.4, 0.5) is 10.1 Å². The van der Waals surface area contributed by atoms with Crippen LogP contribution in [0.15, 0.2) is 18.2 Å². The van der Waals surface area contributed by atoms with E-state index < -0.39 is 23.7 Å². The fraction of sp³-hybridized carbons (Fsp3) is 0.438. The topological polar surface area (TPSA) is 92.7 Å². The van der Waals surface area contributed by atoms with E-state index in [0.29, 0.717) is 25.7 Å². The molecule has 1 amide bonds. The molecule has 1 aliphatic carbocycles. The summed E-state index contributed by atoms with van der Waals surface area (Å²) in [6, 6.07) is 4.40. The molecule has 0 heterocycles. The first kappa shape index (κ1) is 16.9. The van der Waals surface area contributed by atoms with Gasteiger partial charge in [0.25, 0.3) is 0 Å². The van der Waals surface area contributed by atoms with Crippen molar-refractivity contribution in [3.8, 4) is 0 Å². The third-order valence-corrected chi connectivity index (χ3v) is 4.16. The minimum atomic E-state index is -1.10. The van der Waals surface area contributed by atoms with Crippen molar-refractivity contribution in [2.24, 2.45) is 5.92 Å². The normalized spacial score (nSPS) is 20.6. The van der Waals surface area contributed by atoms with E-state index in [4.69, 9.17) is 5.11 Å². The van der Waals surface area contributed by atoms with Gasteiger partial charge in [-0.05, 0) is 49.3 Å². The Morgan fingerprint density at radius 2 is 1.87 bits per heavy atom. The Bertz CT molecular complexity index is 623. The van der Waals surface area contributed by atoms with Gasteiger partial charge in [0.05, 0.1) is 18.7 Å². The number of ether oxygens (including phenoxy) is 1. The number of methoxy groups -OCH3 is 1. The van der Waals surface area contributed by atoms with Gasteiger partial charge in [0, 0.05) is 0 Å². The van der Waals surface area contributed by atoms with E-state index in [1.165, 1.54) is 12.1 Å². The molecule has 7 heteroatoms. The second-order valence-corrected chi connectivity index (χ2v) is 5.57. The molecule has 0 saturated heterocycles. The molecule has 1 saturated carbocycles. The van der Waals surface area contributed by atoms with Crippen LogP contribution in [-0.4, -0.2) is 30.1 Å². The number of rotatable bonds is 3. The largest absolute Gasteiger partial charge is 0.481 e. The third kappa shape index (κ3) is 4.06. The highest BCUT2D eigenvalue weighted by atomic mass is 19.1. The van der Waals surface area contributed by atoms with Crippen LogP contribution in [0.25, 0.3) is 0 Å². The monoisotopic (exact) mass is 323 g/mol. The first-order chi connectivity index (χ1) is 10.9. The highest BCUT2D eigenvalue weighted by Gasteiger charge is 2.27. The summed E-state index contributed by atoms with van der Waals surface area (Å²) in [7, 11) is 1.06. The molecule has 124 valence electrons. The number of halogens is 1. The lowest BCUT2D eigenvalue weighted by Crippen LogP contribution is -2.24.